The van der Waals surface area contributed by atoms with Gasteiger partial charge < -0.3 is 20.7 Å². The summed E-state index contributed by atoms with van der Waals surface area (Å²) < 4.78 is 5.37. The Labute approximate surface area is 150 Å². The number of hydrogen-bond acceptors (Lipinski definition) is 3. The molecule has 2 aromatic rings. The van der Waals surface area contributed by atoms with Crippen LogP contribution in [0.5, 0.6) is 5.75 Å². The molecule has 2 aromatic carbocycles. The fraction of sp³-hybridized carbons (Fsp3) is 0.350. The van der Waals surface area contributed by atoms with Crippen LogP contribution in [0.2, 0.25) is 0 Å². The lowest BCUT2D eigenvalue weighted by molar-refractivity contribution is 0.410. The number of ether oxygens (including phenoxy) is 1. The van der Waals surface area contributed by atoms with Gasteiger partial charge in [-0.05, 0) is 31.5 Å². The minimum absolute atomic E-state index is 0.585. The Morgan fingerprint density at radius 1 is 0.960 bits per heavy atom. The second kappa shape index (κ2) is 11.0. The van der Waals surface area contributed by atoms with Gasteiger partial charge in [0.25, 0.3) is 0 Å². The zero-order valence-corrected chi connectivity index (χ0v) is 15.1. The van der Waals surface area contributed by atoms with Crippen molar-refractivity contribution in [3.8, 4) is 5.75 Å². The highest BCUT2D eigenvalue weighted by Gasteiger charge is 2.02. The molecule has 0 bridgehead atoms. The van der Waals surface area contributed by atoms with Crippen molar-refractivity contribution in [2.75, 3.05) is 32.1 Å². The number of hydrogen-bond donors (Lipinski definition) is 3. The molecule has 0 spiro atoms. The first-order chi connectivity index (χ1) is 12.3. The van der Waals surface area contributed by atoms with Crippen LogP contribution in [0.4, 0.5) is 5.69 Å². The second-order valence-electron chi connectivity index (χ2n) is 5.58. The molecule has 0 amide bonds. The van der Waals surface area contributed by atoms with Gasteiger partial charge in [-0.2, -0.15) is 0 Å². The monoisotopic (exact) mass is 340 g/mol. The van der Waals surface area contributed by atoms with Gasteiger partial charge in [-0.25, -0.2) is 4.99 Å². The average Bonchev–Trinajstić information content (AvgIpc) is 2.66. The van der Waals surface area contributed by atoms with E-state index in [0.29, 0.717) is 6.54 Å². The third kappa shape index (κ3) is 6.75. The smallest absolute Gasteiger partial charge is 0.191 e. The minimum Gasteiger partial charge on any atom is -0.496 e. The van der Waals surface area contributed by atoms with E-state index in [0.717, 1.165) is 49.0 Å². The molecule has 0 aliphatic heterocycles. The highest BCUT2D eigenvalue weighted by molar-refractivity contribution is 5.79. The van der Waals surface area contributed by atoms with Crippen LogP contribution < -0.4 is 20.7 Å². The van der Waals surface area contributed by atoms with Crippen molar-refractivity contribution in [1.82, 2.24) is 10.6 Å². The lowest BCUT2D eigenvalue weighted by Gasteiger charge is -2.12. The Bertz CT molecular complexity index is 643. The SMILES string of the molecule is CCNC(=NCc1ccccc1OC)NCCCNc1ccccc1. The highest BCUT2D eigenvalue weighted by Crippen LogP contribution is 2.17. The van der Waals surface area contributed by atoms with Crippen LogP contribution in [0.1, 0.15) is 18.9 Å². The molecule has 5 nitrogen and oxygen atoms in total. The maximum atomic E-state index is 5.37. The Morgan fingerprint density at radius 3 is 2.48 bits per heavy atom. The van der Waals surface area contributed by atoms with Gasteiger partial charge in [0.15, 0.2) is 5.96 Å². The number of guanidine groups is 1. The van der Waals surface area contributed by atoms with E-state index in [2.05, 4.69) is 40.0 Å². The normalized spacial score (nSPS) is 11.0. The van der Waals surface area contributed by atoms with E-state index in [1.54, 1.807) is 7.11 Å². The second-order valence-corrected chi connectivity index (χ2v) is 5.58. The van der Waals surface area contributed by atoms with Crippen LogP contribution in [0.25, 0.3) is 0 Å². The molecule has 0 aliphatic carbocycles. The van der Waals surface area contributed by atoms with E-state index in [4.69, 9.17) is 4.74 Å². The van der Waals surface area contributed by atoms with E-state index in [1.807, 2.05) is 42.5 Å². The van der Waals surface area contributed by atoms with E-state index in [1.165, 1.54) is 0 Å². The van der Waals surface area contributed by atoms with Gasteiger partial charge >= 0.3 is 0 Å². The van der Waals surface area contributed by atoms with Gasteiger partial charge in [-0.1, -0.05) is 36.4 Å². The average molecular weight is 340 g/mol. The molecule has 3 N–H and O–H groups in total. The van der Waals surface area contributed by atoms with Crippen molar-refractivity contribution < 1.29 is 4.74 Å². The lowest BCUT2D eigenvalue weighted by atomic mass is 10.2. The number of methoxy groups -OCH3 is 1. The summed E-state index contributed by atoms with van der Waals surface area (Å²) in [6.07, 6.45) is 1.01. The molecular weight excluding hydrogens is 312 g/mol. The standard InChI is InChI=1S/C20H28N4O/c1-3-21-20(24-16-17-10-7-8-13-19(17)25-2)23-15-9-14-22-18-11-5-4-6-12-18/h4-8,10-13,22H,3,9,14-16H2,1-2H3,(H2,21,23,24). The van der Waals surface area contributed by atoms with Crippen LogP contribution in [0.3, 0.4) is 0 Å². The molecule has 0 saturated heterocycles. The van der Waals surface area contributed by atoms with Crippen LogP contribution in [-0.4, -0.2) is 32.7 Å². The zero-order valence-electron chi connectivity index (χ0n) is 15.1. The predicted molar refractivity (Wildman–Crippen MR) is 105 cm³/mol. The third-order valence-electron chi connectivity index (χ3n) is 3.69. The molecule has 0 fully saturated rings. The van der Waals surface area contributed by atoms with Crippen LogP contribution in [0, 0.1) is 0 Å². The molecule has 0 aliphatic rings. The number of rotatable bonds is 9. The summed E-state index contributed by atoms with van der Waals surface area (Å²) in [4.78, 5) is 4.64. The van der Waals surface area contributed by atoms with Crippen molar-refractivity contribution in [3.05, 3.63) is 60.2 Å². The predicted octanol–water partition coefficient (Wildman–Crippen LogP) is 3.25. The third-order valence-corrected chi connectivity index (χ3v) is 3.69. The van der Waals surface area contributed by atoms with Gasteiger partial charge in [-0.15, -0.1) is 0 Å². The molecular formula is C20H28N4O. The Balaban J connectivity index is 1.77. The summed E-state index contributed by atoms with van der Waals surface area (Å²) in [5.74, 6) is 1.70. The number of aliphatic imine (C=N–C) groups is 1. The number of benzene rings is 2. The van der Waals surface area contributed by atoms with Gasteiger partial charge in [0.05, 0.1) is 13.7 Å². The number of anilines is 1. The van der Waals surface area contributed by atoms with E-state index >= 15 is 0 Å². The van der Waals surface area contributed by atoms with Gasteiger partial charge in [0.2, 0.25) is 0 Å². The van der Waals surface area contributed by atoms with Gasteiger partial charge in [0, 0.05) is 30.9 Å². The number of nitrogens with one attached hydrogen (secondary N) is 3. The maximum Gasteiger partial charge on any atom is 0.191 e. The van der Waals surface area contributed by atoms with Crippen molar-refractivity contribution in [1.29, 1.82) is 0 Å². The van der Waals surface area contributed by atoms with E-state index in [-0.39, 0.29) is 0 Å². The summed E-state index contributed by atoms with van der Waals surface area (Å²) >= 11 is 0. The van der Waals surface area contributed by atoms with Crippen LogP contribution in [-0.2, 0) is 6.54 Å². The summed E-state index contributed by atoms with van der Waals surface area (Å²) in [5, 5.41) is 10.1. The molecule has 0 atom stereocenters. The molecule has 0 unspecified atom stereocenters. The summed E-state index contributed by atoms with van der Waals surface area (Å²) in [6, 6.07) is 18.2. The first kappa shape index (κ1) is 18.6. The van der Waals surface area contributed by atoms with Crippen molar-refractivity contribution in [3.63, 3.8) is 0 Å². The fourth-order valence-electron chi connectivity index (χ4n) is 2.42. The number of para-hydroxylation sites is 2. The minimum atomic E-state index is 0.585. The quantitative estimate of drug-likeness (QED) is 0.373. The maximum absolute atomic E-state index is 5.37. The molecule has 134 valence electrons. The molecule has 2 rings (SSSR count). The first-order valence-corrected chi connectivity index (χ1v) is 8.76. The molecule has 0 aromatic heterocycles. The Hall–Kier alpha value is -2.69. The van der Waals surface area contributed by atoms with Crippen LogP contribution in [0.15, 0.2) is 59.6 Å². The number of nitrogens with zero attached hydrogens (tertiary/aromatic N) is 1. The molecule has 0 heterocycles. The Kier molecular flexibility index (Phi) is 8.18. The first-order valence-electron chi connectivity index (χ1n) is 8.76. The highest BCUT2D eigenvalue weighted by atomic mass is 16.5. The zero-order chi connectivity index (χ0) is 17.7. The fourth-order valence-corrected chi connectivity index (χ4v) is 2.42. The van der Waals surface area contributed by atoms with Crippen molar-refractivity contribution >= 4 is 11.6 Å². The lowest BCUT2D eigenvalue weighted by Crippen LogP contribution is -2.38. The largest absolute Gasteiger partial charge is 0.496 e. The topological polar surface area (TPSA) is 57.7 Å². The van der Waals surface area contributed by atoms with Crippen molar-refractivity contribution in [2.45, 2.75) is 19.9 Å². The summed E-state index contributed by atoms with van der Waals surface area (Å²) in [5.41, 5.74) is 2.23. The molecule has 0 radical (unpaired) electrons. The van der Waals surface area contributed by atoms with Crippen molar-refractivity contribution in [2.24, 2.45) is 4.99 Å². The molecule has 25 heavy (non-hydrogen) atoms. The summed E-state index contributed by atoms with van der Waals surface area (Å²) in [6.45, 7) is 5.26. The summed E-state index contributed by atoms with van der Waals surface area (Å²) in [7, 11) is 1.69. The van der Waals surface area contributed by atoms with Gasteiger partial charge in [-0.3, -0.25) is 0 Å². The Morgan fingerprint density at radius 2 is 1.72 bits per heavy atom. The van der Waals surface area contributed by atoms with E-state index < -0.39 is 0 Å². The van der Waals surface area contributed by atoms with E-state index in [9.17, 15) is 0 Å². The van der Waals surface area contributed by atoms with Crippen LogP contribution >= 0.6 is 0 Å². The molecule has 0 saturated carbocycles. The molecule has 5 heteroatoms. The van der Waals surface area contributed by atoms with Gasteiger partial charge in [0.1, 0.15) is 5.75 Å².